The van der Waals surface area contributed by atoms with Gasteiger partial charge in [-0.1, -0.05) is 0 Å². The fourth-order valence-electron chi connectivity index (χ4n) is 2.95. The van der Waals surface area contributed by atoms with Crippen molar-refractivity contribution in [2.24, 2.45) is 5.92 Å². The van der Waals surface area contributed by atoms with Crippen molar-refractivity contribution in [2.75, 3.05) is 7.11 Å². The van der Waals surface area contributed by atoms with Crippen LogP contribution in [0.5, 0.6) is 0 Å². The van der Waals surface area contributed by atoms with Crippen molar-refractivity contribution in [2.45, 2.75) is 51.1 Å². The summed E-state index contributed by atoms with van der Waals surface area (Å²) in [5, 5.41) is 0. The molecule has 1 aromatic heterocycles. The highest BCUT2D eigenvalue weighted by Crippen LogP contribution is 2.51. The predicted molar refractivity (Wildman–Crippen MR) is 81.3 cm³/mol. The number of rotatable bonds is 5. The maximum absolute atomic E-state index is 12.8. The van der Waals surface area contributed by atoms with Crippen LogP contribution in [0, 0.1) is 12.8 Å². The van der Waals surface area contributed by atoms with Crippen LogP contribution in [-0.4, -0.2) is 36.0 Å². The molecule has 5 heteroatoms. The molecule has 3 rings (SSSR count). The van der Waals surface area contributed by atoms with E-state index in [1.807, 2.05) is 0 Å². The lowest BCUT2D eigenvalue weighted by atomic mass is 10.2. The number of carbonyl (C=O) groups excluding carboxylic acids is 2. The number of carbonyl (C=O) groups is 2. The number of hydrogen-bond donors (Lipinski definition) is 0. The van der Waals surface area contributed by atoms with Crippen molar-refractivity contribution in [1.29, 1.82) is 0 Å². The Bertz CT molecular complexity index is 564. The SMILES string of the molecule is COC(=O)[C@H](C)N(C(=O)[C@@H]1C[C@H]1c1ccc(C)s1)C1CC1. The van der Waals surface area contributed by atoms with Crippen molar-refractivity contribution >= 4 is 23.2 Å². The molecule has 0 spiro atoms. The second kappa shape index (κ2) is 5.44. The van der Waals surface area contributed by atoms with E-state index in [4.69, 9.17) is 4.74 Å². The first-order valence-electron chi connectivity index (χ1n) is 7.49. The maximum Gasteiger partial charge on any atom is 0.328 e. The molecule has 3 atom stereocenters. The lowest BCUT2D eigenvalue weighted by molar-refractivity contribution is -0.153. The molecule has 114 valence electrons. The summed E-state index contributed by atoms with van der Waals surface area (Å²) < 4.78 is 4.81. The topological polar surface area (TPSA) is 46.6 Å². The number of methoxy groups -OCH3 is 1. The number of nitrogens with zero attached hydrogens (tertiary/aromatic N) is 1. The Balaban J connectivity index is 1.70. The molecule has 0 aliphatic heterocycles. The van der Waals surface area contributed by atoms with Crippen molar-refractivity contribution in [3.63, 3.8) is 0 Å². The van der Waals surface area contributed by atoms with Crippen LogP contribution in [0.25, 0.3) is 0 Å². The zero-order valence-corrected chi connectivity index (χ0v) is 13.5. The third kappa shape index (κ3) is 2.84. The molecule has 0 N–H and O–H groups in total. The van der Waals surface area contributed by atoms with Gasteiger partial charge >= 0.3 is 5.97 Å². The van der Waals surface area contributed by atoms with Gasteiger partial charge in [0, 0.05) is 27.6 Å². The smallest absolute Gasteiger partial charge is 0.328 e. The van der Waals surface area contributed by atoms with Gasteiger partial charge in [-0.3, -0.25) is 4.79 Å². The summed E-state index contributed by atoms with van der Waals surface area (Å²) in [7, 11) is 1.38. The first-order chi connectivity index (χ1) is 10.0. The van der Waals surface area contributed by atoms with Crippen molar-refractivity contribution < 1.29 is 14.3 Å². The monoisotopic (exact) mass is 307 g/mol. The molecule has 21 heavy (non-hydrogen) atoms. The molecule has 0 unspecified atom stereocenters. The van der Waals surface area contributed by atoms with Crippen LogP contribution in [0.1, 0.15) is 41.9 Å². The molecule has 4 nitrogen and oxygen atoms in total. The zero-order valence-electron chi connectivity index (χ0n) is 12.7. The molecule has 0 radical (unpaired) electrons. The van der Waals surface area contributed by atoms with Gasteiger partial charge < -0.3 is 9.64 Å². The Labute approximate surface area is 129 Å². The molecule has 1 aromatic rings. The second-order valence-electron chi connectivity index (χ2n) is 6.07. The zero-order chi connectivity index (χ0) is 15.1. The molecule has 2 fully saturated rings. The van der Waals surface area contributed by atoms with E-state index in [0.29, 0.717) is 5.92 Å². The van der Waals surface area contributed by atoms with Gasteiger partial charge in [0.25, 0.3) is 0 Å². The number of aryl methyl sites for hydroxylation is 1. The van der Waals surface area contributed by atoms with Gasteiger partial charge in [0.15, 0.2) is 0 Å². The second-order valence-corrected chi connectivity index (χ2v) is 7.39. The van der Waals surface area contributed by atoms with E-state index in [2.05, 4.69) is 19.1 Å². The average Bonchev–Trinajstić information content (AvgIpc) is 3.37. The Morgan fingerprint density at radius 3 is 2.62 bits per heavy atom. The molecule has 2 saturated carbocycles. The summed E-state index contributed by atoms with van der Waals surface area (Å²) >= 11 is 1.77. The van der Waals surface area contributed by atoms with Crippen LogP contribution in [0.15, 0.2) is 12.1 Å². The van der Waals surface area contributed by atoms with E-state index >= 15 is 0 Å². The summed E-state index contributed by atoms with van der Waals surface area (Å²) in [6, 6.07) is 4.00. The third-order valence-electron chi connectivity index (χ3n) is 4.39. The van der Waals surface area contributed by atoms with Crippen molar-refractivity contribution in [3.8, 4) is 0 Å². The van der Waals surface area contributed by atoms with Crippen molar-refractivity contribution in [3.05, 3.63) is 21.9 Å². The molecule has 0 aromatic carbocycles. The average molecular weight is 307 g/mol. The normalized spacial score (nSPS) is 25.3. The van der Waals surface area contributed by atoms with Crippen LogP contribution < -0.4 is 0 Å². The number of amides is 1. The Morgan fingerprint density at radius 2 is 2.10 bits per heavy atom. The predicted octanol–water partition coefficient (Wildman–Crippen LogP) is 2.71. The van der Waals surface area contributed by atoms with Gasteiger partial charge in [-0.05, 0) is 45.2 Å². The highest BCUT2D eigenvalue weighted by Gasteiger charge is 2.50. The fraction of sp³-hybridized carbons (Fsp3) is 0.625. The number of hydrogen-bond acceptors (Lipinski definition) is 4. The van der Waals surface area contributed by atoms with E-state index in [0.717, 1.165) is 19.3 Å². The summed E-state index contributed by atoms with van der Waals surface area (Å²) in [6.45, 7) is 3.86. The standard InChI is InChI=1S/C16H21NO3S/c1-9-4-7-14(21-9)12-8-13(12)15(18)17(11-5-6-11)10(2)16(19)20-3/h4,7,10-13H,5-6,8H2,1-3H3/t10-,12+,13+/m0/s1. The van der Waals surface area contributed by atoms with E-state index in [-0.39, 0.29) is 23.8 Å². The Kier molecular flexibility index (Phi) is 3.78. The van der Waals surface area contributed by atoms with Crippen molar-refractivity contribution in [1.82, 2.24) is 4.90 Å². The first kappa shape index (κ1) is 14.6. The number of ether oxygens (including phenoxy) is 1. The third-order valence-corrected chi connectivity index (χ3v) is 5.52. The van der Waals surface area contributed by atoms with Gasteiger partial charge in [-0.2, -0.15) is 0 Å². The van der Waals surface area contributed by atoms with Gasteiger partial charge in [0.2, 0.25) is 5.91 Å². The summed E-state index contributed by atoms with van der Waals surface area (Å²) in [4.78, 5) is 28.9. The molecular formula is C16H21NO3S. The number of esters is 1. The highest BCUT2D eigenvalue weighted by molar-refractivity contribution is 7.12. The van der Waals surface area contributed by atoms with Gasteiger partial charge in [-0.15, -0.1) is 11.3 Å². The Hall–Kier alpha value is -1.36. The summed E-state index contributed by atoms with van der Waals surface area (Å²) in [6.07, 6.45) is 2.92. The van der Waals surface area contributed by atoms with Crippen LogP contribution in [0.3, 0.4) is 0 Å². The number of thiophene rings is 1. The molecule has 0 saturated heterocycles. The first-order valence-corrected chi connectivity index (χ1v) is 8.31. The fourth-order valence-corrected chi connectivity index (χ4v) is 4.01. The molecule has 1 heterocycles. The van der Waals surface area contributed by atoms with E-state index < -0.39 is 6.04 Å². The molecular weight excluding hydrogens is 286 g/mol. The molecule has 2 aliphatic carbocycles. The largest absolute Gasteiger partial charge is 0.467 e. The van der Waals surface area contributed by atoms with Gasteiger partial charge in [0.05, 0.1) is 7.11 Å². The molecule has 1 amide bonds. The van der Waals surface area contributed by atoms with Gasteiger partial charge in [0.1, 0.15) is 6.04 Å². The minimum Gasteiger partial charge on any atom is -0.467 e. The lowest BCUT2D eigenvalue weighted by Gasteiger charge is -2.27. The minimum atomic E-state index is -0.471. The van der Waals surface area contributed by atoms with E-state index in [9.17, 15) is 9.59 Å². The van der Waals surface area contributed by atoms with Crippen LogP contribution in [0.4, 0.5) is 0 Å². The molecule has 2 aliphatic rings. The lowest BCUT2D eigenvalue weighted by Crippen LogP contribution is -2.46. The maximum atomic E-state index is 12.8. The molecule has 0 bridgehead atoms. The Morgan fingerprint density at radius 1 is 1.38 bits per heavy atom. The van der Waals surface area contributed by atoms with Gasteiger partial charge in [-0.25, -0.2) is 4.79 Å². The van der Waals surface area contributed by atoms with Crippen LogP contribution in [-0.2, 0) is 14.3 Å². The van der Waals surface area contributed by atoms with E-state index in [1.165, 1.54) is 16.9 Å². The van der Waals surface area contributed by atoms with E-state index in [1.54, 1.807) is 23.2 Å². The summed E-state index contributed by atoms with van der Waals surface area (Å²) in [5.74, 6) is 0.212. The highest BCUT2D eigenvalue weighted by atomic mass is 32.1. The minimum absolute atomic E-state index is 0.0516. The summed E-state index contributed by atoms with van der Waals surface area (Å²) in [5.41, 5.74) is 0. The quantitative estimate of drug-likeness (QED) is 0.786. The van der Waals surface area contributed by atoms with Crippen LogP contribution >= 0.6 is 11.3 Å². The van der Waals surface area contributed by atoms with Crippen LogP contribution in [0.2, 0.25) is 0 Å².